The summed E-state index contributed by atoms with van der Waals surface area (Å²) in [6.45, 7) is -0.138. The maximum absolute atomic E-state index is 12.0. The van der Waals surface area contributed by atoms with Crippen LogP contribution in [0.1, 0.15) is 18.4 Å². The van der Waals surface area contributed by atoms with Crippen molar-refractivity contribution in [2.75, 3.05) is 6.54 Å². The van der Waals surface area contributed by atoms with E-state index in [0.29, 0.717) is 5.56 Å². The van der Waals surface area contributed by atoms with Gasteiger partial charge in [-0.25, -0.2) is 19.7 Å². The predicted octanol–water partition coefficient (Wildman–Crippen LogP) is 0.324. The largest absolute Gasteiger partial charge is 0.480 e. The Labute approximate surface area is 143 Å². The number of benzene rings is 1. The number of nitrogens with two attached hydrogens (primary N) is 2. The number of hydrogen-bond donors (Lipinski definition) is 3. The van der Waals surface area contributed by atoms with E-state index in [1.165, 1.54) is 0 Å². The Bertz CT molecular complexity index is 632. The second-order valence-electron chi connectivity index (χ2n) is 4.93. The number of amides is 1. The first kappa shape index (κ1) is 19.7. The Hall–Kier alpha value is -3.37. The number of aliphatic imine (C=N–C) groups is 1. The zero-order chi connectivity index (χ0) is 18.8. The minimum absolute atomic E-state index is 0.0409. The van der Waals surface area contributed by atoms with Gasteiger partial charge in [0.2, 0.25) is 0 Å². The third-order valence-electron chi connectivity index (χ3n) is 3.08. The molecule has 0 aliphatic heterocycles. The molecule has 0 aromatic heterocycles. The third kappa shape index (κ3) is 6.72. The summed E-state index contributed by atoms with van der Waals surface area (Å²) in [5.74, 6) is -1.71. The molecule has 0 radical (unpaired) electrons. The van der Waals surface area contributed by atoms with Gasteiger partial charge in [-0.05, 0) is 23.4 Å². The van der Waals surface area contributed by atoms with Crippen LogP contribution >= 0.6 is 0 Å². The fourth-order valence-electron chi connectivity index (χ4n) is 1.94. The van der Waals surface area contributed by atoms with Crippen LogP contribution in [-0.2, 0) is 16.1 Å². The van der Waals surface area contributed by atoms with E-state index < -0.39 is 23.1 Å². The highest BCUT2D eigenvalue weighted by Crippen LogP contribution is 2.12. The topological polar surface area (TPSA) is 174 Å². The van der Waals surface area contributed by atoms with Gasteiger partial charge in [0.15, 0.2) is 17.0 Å². The lowest BCUT2D eigenvalue weighted by molar-refractivity contribution is -0.641. The molecule has 0 bridgehead atoms. The van der Waals surface area contributed by atoms with Crippen LogP contribution in [0, 0.1) is 10.1 Å². The summed E-state index contributed by atoms with van der Waals surface area (Å²) in [5.41, 5.74) is 10.9. The molecule has 11 nitrogen and oxygen atoms in total. The van der Waals surface area contributed by atoms with Gasteiger partial charge in [-0.2, -0.15) is 0 Å². The first-order valence-electron chi connectivity index (χ1n) is 7.25. The highest BCUT2D eigenvalue weighted by atomic mass is 16.7. The number of carboxylic acids is 1. The monoisotopic (exact) mass is 353 g/mol. The molecule has 0 aliphatic carbocycles. The smallest absolute Gasteiger partial charge is 0.469 e. The summed E-state index contributed by atoms with van der Waals surface area (Å²) in [6, 6.07) is 6.79. The lowest BCUT2D eigenvalue weighted by atomic mass is 10.1. The zero-order valence-electron chi connectivity index (χ0n) is 13.3. The van der Waals surface area contributed by atoms with E-state index in [1.807, 2.05) is 0 Å². The SMILES string of the molecule is NC(N)=NCCC[C@H](C(=O)O)N(C(=O)OCc1ccccc1)[N+](=O)[O-]. The Morgan fingerprint density at radius 2 is 1.96 bits per heavy atom. The van der Waals surface area contributed by atoms with Gasteiger partial charge < -0.3 is 21.3 Å². The maximum Gasteiger partial charge on any atom is 0.469 e. The van der Waals surface area contributed by atoms with Gasteiger partial charge in [-0.3, -0.25) is 4.99 Å². The molecule has 1 rings (SSSR count). The van der Waals surface area contributed by atoms with E-state index in [9.17, 15) is 24.8 Å². The molecule has 0 fully saturated rings. The molecule has 0 saturated carbocycles. The van der Waals surface area contributed by atoms with Crippen LogP contribution < -0.4 is 11.5 Å². The highest BCUT2D eigenvalue weighted by Gasteiger charge is 2.40. The number of aliphatic carboxylic acids is 1. The van der Waals surface area contributed by atoms with Crippen molar-refractivity contribution in [3.05, 3.63) is 46.0 Å². The van der Waals surface area contributed by atoms with Gasteiger partial charge in [0.25, 0.3) is 0 Å². The fourth-order valence-corrected chi connectivity index (χ4v) is 1.94. The standard InChI is InChI=1S/C14H19N5O6/c15-13(16)17-8-4-7-11(12(20)21)18(19(23)24)14(22)25-9-10-5-2-1-3-6-10/h1-3,5-6,11H,4,7-9H2,(H,20,21)(H4,15,16,17)/t11-/m1/s1. The molecule has 25 heavy (non-hydrogen) atoms. The Kier molecular flexibility index (Phi) is 7.63. The van der Waals surface area contributed by atoms with E-state index in [4.69, 9.17) is 16.2 Å². The summed E-state index contributed by atoms with van der Waals surface area (Å²) in [5, 5.41) is 19.2. The van der Waals surface area contributed by atoms with Crippen LogP contribution in [0.15, 0.2) is 35.3 Å². The molecule has 0 aliphatic rings. The molecular weight excluding hydrogens is 334 g/mol. The number of carbonyl (C=O) groups is 2. The second-order valence-corrected chi connectivity index (χ2v) is 4.93. The molecule has 11 heteroatoms. The molecule has 0 spiro atoms. The van der Waals surface area contributed by atoms with Crippen LogP contribution in [0.25, 0.3) is 0 Å². The van der Waals surface area contributed by atoms with Crippen molar-refractivity contribution in [1.29, 1.82) is 0 Å². The number of hydrogen-bond acceptors (Lipinski definition) is 6. The van der Waals surface area contributed by atoms with Crippen molar-refractivity contribution >= 4 is 18.0 Å². The number of guanidine groups is 1. The van der Waals surface area contributed by atoms with Crippen molar-refractivity contribution in [2.24, 2.45) is 16.5 Å². The molecule has 0 unspecified atom stereocenters. The molecule has 1 aromatic carbocycles. The van der Waals surface area contributed by atoms with Crippen molar-refractivity contribution < 1.29 is 24.5 Å². The zero-order valence-corrected chi connectivity index (χ0v) is 13.3. The van der Waals surface area contributed by atoms with E-state index in [-0.39, 0.29) is 37.0 Å². The number of ether oxygens (including phenoxy) is 1. The summed E-state index contributed by atoms with van der Waals surface area (Å²) >= 11 is 0. The molecule has 1 atom stereocenters. The molecular formula is C14H19N5O6. The quantitative estimate of drug-likeness (QED) is 0.187. The second kappa shape index (κ2) is 9.70. The van der Waals surface area contributed by atoms with E-state index >= 15 is 0 Å². The first-order chi connectivity index (χ1) is 11.8. The lowest BCUT2D eigenvalue weighted by Crippen LogP contribution is -2.48. The highest BCUT2D eigenvalue weighted by molar-refractivity contribution is 5.79. The van der Waals surface area contributed by atoms with E-state index in [2.05, 4.69) is 4.99 Å². The molecule has 5 N–H and O–H groups in total. The number of carbonyl (C=O) groups excluding carboxylic acids is 1. The van der Waals surface area contributed by atoms with Crippen molar-refractivity contribution in [1.82, 2.24) is 5.01 Å². The molecule has 0 heterocycles. The van der Waals surface area contributed by atoms with Crippen LogP contribution in [0.3, 0.4) is 0 Å². The Morgan fingerprint density at radius 1 is 1.32 bits per heavy atom. The average molecular weight is 353 g/mol. The van der Waals surface area contributed by atoms with Crippen molar-refractivity contribution in [3.63, 3.8) is 0 Å². The first-order valence-corrected chi connectivity index (χ1v) is 7.25. The number of nitro groups is 1. The number of carboxylic acid groups (broad SMARTS) is 1. The van der Waals surface area contributed by atoms with Gasteiger partial charge >= 0.3 is 12.1 Å². The summed E-state index contributed by atoms with van der Waals surface area (Å²) in [6.07, 6.45) is -1.44. The van der Waals surface area contributed by atoms with Crippen LogP contribution in [0.2, 0.25) is 0 Å². The minimum Gasteiger partial charge on any atom is -0.480 e. The van der Waals surface area contributed by atoms with Crippen molar-refractivity contribution in [2.45, 2.75) is 25.5 Å². The van der Waals surface area contributed by atoms with Gasteiger partial charge in [0.1, 0.15) is 6.61 Å². The Morgan fingerprint density at radius 3 is 2.48 bits per heavy atom. The molecule has 0 saturated heterocycles. The van der Waals surface area contributed by atoms with Crippen LogP contribution in [0.4, 0.5) is 4.79 Å². The van der Waals surface area contributed by atoms with Crippen molar-refractivity contribution in [3.8, 4) is 0 Å². The van der Waals surface area contributed by atoms with Gasteiger partial charge in [-0.15, -0.1) is 0 Å². The van der Waals surface area contributed by atoms with Gasteiger partial charge in [0, 0.05) is 6.54 Å². The number of hydrazine groups is 1. The lowest BCUT2D eigenvalue weighted by Gasteiger charge is -2.19. The summed E-state index contributed by atoms with van der Waals surface area (Å²) in [7, 11) is 0. The maximum atomic E-state index is 12.0. The molecule has 1 amide bonds. The number of nitrogens with zero attached hydrogens (tertiary/aromatic N) is 3. The Balaban J connectivity index is 2.75. The van der Waals surface area contributed by atoms with Crippen LogP contribution in [-0.4, -0.2) is 45.8 Å². The fraction of sp³-hybridized carbons (Fsp3) is 0.357. The summed E-state index contributed by atoms with van der Waals surface area (Å²) in [4.78, 5) is 38.1. The van der Waals surface area contributed by atoms with Crippen LogP contribution in [0.5, 0.6) is 0 Å². The van der Waals surface area contributed by atoms with Gasteiger partial charge in [-0.1, -0.05) is 30.3 Å². The van der Waals surface area contributed by atoms with E-state index in [0.717, 1.165) is 0 Å². The predicted molar refractivity (Wildman–Crippen MR) is 86.8 cm³/mol. The average Bonchev–Trinajstić information content (AvgIpc) is 2.55. The molecule has 1 aromatic rings. The minimum atomic E-state index is -1.70. The third-order valence-corrected chi connectivity index (χ3v) is 3.08. The van der Waals surface area contributed by atoms with E-state index in [1.54, 1.807) is 30.3 Å². The van der Waals surface area contributed by atoms with Gasteiger partial charge in [0.05, 0.1) is 0 Å². The molecule has 136 valence electrons. The number of rotatable bonds is 9. The normalized spacial score (nSPS) is 11.2. The summed E-state index contributed by atoms with van der Waals surface area (Å²) < 4.78 is 4.84.